The fourth-order valence-corrected chi connectivity index (χ4v) is 2.23. The molecule has 0 aliphatic heterocycles. The minimum Gasteiger partial charge on any atom is -0.497 e. The Labute approximate surface area is 130 Å². The van der Waals surface area contributed by atoms with Crippen LogP contribution in [0.5, 0.6) is 5.75 Å². The van der Waals surface area contributed by atoms with Gasteiger partial charge < -0.3 is 14.2 Å². The Kier molecular flexibility index (Phi) is 5.20. The van der Waals surface area contributed by atoms with Gasteiger partial charge in [0.2, 0.25) is 0 Å². The number of allylic oxidation sites excluding steroid dienone is 4. The van der Waals surface area contributed by atoms with Gasteiger partial charge in [-0.05, 0) is 31.9 Å². The predicted octanol–water partition coefficient (Wildman–Crippen LogP) is 3.36. The number of carbonyl (C=O) groups is 1. The second kappa shape index (κ2) is 7.11. The normalized spacial score (nSPS) is 14.2. The van der Waals surface area contributed by atoms with Crippen molar-refractivity contribution in [1.29, 1.82) is 0 Å². The molecular formula is C17H21NO4. The molecule has 0 fully saturated rings. The summed E-state index contributed by atoms with van der Waals surface area (Å²) >= 11 is 0. The summed E-state index contributed by atoms with van der Waals surface area (Å²) in [6.07, 6.45) is 5.72. The highest BCUT2D eigenvalue weighted by atomic mass is 16.5. The van der Waals surface area contributed by atoms with Crippen LogP contribution in [0.4, 0.5) is 0 Å². The topological polar surface area (TPSA) is 57.7 Å². The number of aromatic nitrogens is 1. The number of esters is 1. The highest BCUT2D eigenvalue weighted by Gasteiger charge is 2.16. The van der Waals surface area contributed by atoms with Gasteiger partial charge in [0.15, 0.2) is 5.69 Å². The van der Waals surface area contributed by atoms with Crippen LogP contribution in [0, 0.1) is 0 Å². The third kappa shape index (κ3) is 3.87. The molecule has 0 aromatic carbocycles. The van der Waals surface area contributed by atoms with Crippen molar-refractivity contribution in [2.24, 2.45) is 0 Å². The van der Waals surface area contributed by atoms with Gasteiger partial charge in [-0.1, -0.05) is 6.08 Å². The van der Waals surface area contributed by atoms with Gasteiger partial charge in [-0.15, -0.1) is 0 Å². The molecule has 2 rings (SSSR count). The number of nitrogens with zero attached hydrogens (tertiary/aromatic N) is 1. The Morgan fingerprint density at radius 2 is 1.95 bits per heavy atom. The Morgan fingerprint density at radius 3 is 2.50 bits per heavy atom. The fraction of sp³-hybridized carbons (Fsp3) is 0.412. The van der Waals surface area contributed by atoms with Crippen molar-refractivity contribution in [2.45, 2.75) is 32.8 Å². The summed E-state index contributed by atoms with van der Waals surface area (Å²) in [6.45, 7) is 4.01. The average Bonchev–Trinajstić information content (AvgIpc) is 2.53. The number of hydrogen-bond donors (Lipinski definition) is 0. The lowest BCUT2D eigenvalue weighted by Crippen LogP contribution is -2.08. The maximum Gasteiger partial charge on any atom is 0.356 e. The third-order valence-electron chi connectivity index (χ3n) is 3.26. The van der Waals surface area contributed by atoms with E-state index in [-0.39, 0.29) is 11.8 Å². The van der Waals surface area contributed by atoms with Crippen molar-refractivity contribution in [3.63, 3.8) is 0 Å². The summed E-state index contributed by atoms with van der Waals surface area (Å²) in [5, 5.41) is 0. The first-order valence-corrected chi connectivity index (χ1v) is 7.24. The van der Waals surface area contributed by atoms with Crippen LogP contribution in [0.2, 0.25) is 0 Å². The Morgan fingerprint density at radius 1 is 1.18 bits per heavy atom. The zero-order valence-electron chi connectivity index (χ0n) is 13.4. The molecule has 1 aromatic rings. The SMILES string of the molecule is COC(=O)c1cc(OC)cc(C2=CC=C(OC(C)C)CC2)n1. The van der Waals surface area contributed by atoms with Crippen LogP contribution in [-0.2, 0) is 9.47 Å². The fourth-order valence-electron chi connectivity index (χ4n) is 2.23. The van der Waals surface area contributed by atoms with E-state index < -0.39 is 5.97 Å². The smallest absolute Gasteiger partial charge is 0.356 e. The van der Waals surface area contributed by atoms with Crippen LogP contribution >= 0.6 is 0 Å². The number of ether oxygens (including phenoxy) is 3. The van der Waals surface area contributed by atoms with Crippen molar-refractivity contribution in [1.82, 2.24) is 4.98 Å². The van der Waals surface area contributed by atoms with Crippen molar-refractivity contribution >= 4 is 11.5 Å². The molecule has 0 spiro atoms. The largest absolute Gasteiger partial charge is 0.497 e. The summed E-state index contributed by atoms with van der Waals surface area (Å²) < 4.78 is 15.7. The first kappa shape index (κ1) is 16.1. The molecule has 0 radical (unpaired) electrons. The second-order valence-corrected chi connectivity index (χ2v) is 5.26. The summed E-state index contributed by atoms with van der Waals surface area (Å²) in [5.74, 6) is 1.07. The predicted molar refractivity (Wildman–Crippen MR) is 83.6 cm³/mol. The molecule has 0 bridgehead atoms. The van der Waals surface area contributed by atoms with Crippen molar-refractivity contribution in [2.75, 3.05) is 14.2 Å². The average molecular weight is 303 g/mol. The van der Waals surface area contributed by atoms with Gasteiger partial charge in [-0.3, -0.25) is 0 Å². The number of rotatable bonds is 5. The van der Waals surface area contributed by atoms with E-state index in [1.54, 1.807) is 13.2 Å². The maximum absolute atomic E-state index is 11.7. The monoisotopic (exact) mass is 303 g/mol. The minimum absolute atomic E-state index is 0.169. The van der Waals surface area contributed by atoms with Crippen molar-refractivity contribution in [3.8, 4) is 5.75 Å². The molecule has 0 saturated heterocycles. The molecule has 0 unspecified atom stereocenters. The number of methoxy groups -OCH3 is 2. The van der Waals surface area contributed by atoms with E-state index in [2.05, 4.69) is 4.98 Å². The summed E-state index contributed by atoms with van der Waals surface area (Å²) in [7, 11) is 2.89. The van der Waals surface area contributed by atoms with Crippen LogP contribution in [0.1, 0.15) is 42.9 Å². The Hall–Kier alpha value is -2.30. The first-order valence-electron chi connectivity index (χ1n) is 7.24. The van der Waals surface area contributed by atoms with E-state index in [0.29, 0.717) is 5.75 Å². The number of pyridine rings is 1. The van der Waals surface area contributed by atoms with Crippen LogP contribution in [-0.4, -0.2) is 31.3 Å². The van der Waals surface area contributed by atoms with E-state index in [1.165, 1.54) is 7.11 Å². The molecule has 1 aromatic heterocycles. The molecule has 0 amide bonds. The molecule has 0 N–H and O–H groups in total. The van der Waals surface area contributed by atoms with Crippen LogP contribution in [0.3, 0.4) is 0 Å². The number of carbonyl (C=O) groups excluding carboxylic acids is 1. The molecule has 118 valence electrons. The van der Waals surface area contributed by atoms with E-state index in [0.717, 1.165) is 29.9 Å². The molecule has 5 heteroatoms. The van der Waals surface area contributed by atoms with Gasteiger partial charge in [0.1, 0.15) is 5.75 Å². The van der Waals surface area contributed by atoms with Gasteiger partial charge in [0.25, 0.3) is 0 Å². The zero-order chi connectivity index (χ0) is 16.1. The summed E-state index contributed by atoms with van der Waals surface area (Å²) in [4.78, 5) is 16.1. The second-order valence-electron chi connectivity index (χ2n) is 5.26. The minimum atomic E-state index is -0.476. The molecule has 22 heavy (non-hydrogen) atoms. The van der Waals surface area contributed by atoms with E-state index in [1.807, 2.05) is 32.1 Å². The Balaban J connectivity index is 2.30. The molecular weight excluding hydrogens is 282 g/mol. The van der Waals surface area contributed by atoms with E-state index >= 15 is 0 Å². The van der Waals surface area contributed by atoms with Crippen molar-refractivity contribution in [3.05, 3.63) is 41.4 Å². The molecule has 1 heterocycles. The van der Waals surface area contributed by atoms with Crippen molar-refractivity contribution < 1.29 is 19.0 Å². The highest BCUT2D eigenvalue weighted by molar-refractivity contribution is 5.88. The third-order valence-corrected chi connectivity index (χ3v) is 3.26. The van der Waals surface area contributed by atoms with Crippen LogP contribution < -0.4 is 4.74 Å². The van der Waals surface area contributed by atoms with E-state index in [4.69, 9.17) is 14.2 Å². The zero-order valence-corrected chi connectivity index (χ0v) is 13.4. The first-order chi connectivity index (χ1) is 10.5. The summed E-state index contributed by atoms with van der Waals surface area (Å²) in [6, 6.07) is 3.39. The van der Waals surface area contributed by atoms with Gasteiger partial charge in [-0.2, -0.15) is 0 Å². The molecule has 0 atom stereocenters. The van der Waals surface area contributed by atoms with E-state index in [9.17, 15) is 4.79 Å². The summed E-state index contributed by atoms with van der Waals surface area (Å²) in [5.41, 5.74) is 2.01. The lowest BCUT2D eigenvalue weighted by molar-refractivity contribution is 0.0593. The molecule has 0 saturated carbocycles. The van der Waals surface area contributed by atoms with Gasteiger partial charge in [-0.25, -0.2) is 9.78 Å². The molecule has 1 aliphatic carbocycles. The van der Waals surface area contributed by atoms with Crippen LogP contribution in [0.25, 0.3) is 5.57 Å². The van der Waals surface area contributed by atoms with Gasteiger partial charge in [0, 0.05) is 18.6 Å². The standard InChI is InChI=1S/C17H21NO4/c1-11(2)22-13-7-5-12(6-8-13)15-9-14(20-3)10-16(18-15)17(19)21-4/h5,7,9-11H,6,8H2,1-4H3. The number of hydrogen-bond acceptors (Lipinski definition) is 5. The van der Waals surface area contributed by atoms with Gasteiger partial charge in [0.05, 0.1) is 31.8 Å². The lowest BCUT2D eigenvalue weighted by Gasteiger charge is -2.18. The van der Waals surface area contributed by atoms with Crippen LogP contribution in [0.15, 0.2) is 30.0 Å². The maximum atomic E-state index is 11.7. The molecule has 5 nitrogen and oxygen atoms in total. The lowest BCUT2D eigenvalue weighted by atomic mass is 10.00. The quantitative estimate of drug-likeness (QED) is 0.781. The van der Waals surface area contributed by atoms with Gasteiger partial charge >= 0.3 is 5.97 Å². The Bertz CT molecular complexity index is 617. The highest BCUT2D eigenvalue weighted by Crippen LogP contribution is 2.29. The molecule has 1 aliphatic rings.